The van der Waals surface area contributed by atoms with Crippen molar-refractivity contribution in [3.8, 4) is 21.1 Å². The van der Waals surface area contributed by atoms with Crippen molar-refractivity contribution in [1.82, 2.24) is 25.4 Å². The summed E-state index contributed by atoms with van der Waals surface area (Å²) >= 11 is 1.64. The Labute approximate surface area is 208 Å². The van der Waals surface area contributed by atoms with Crippen LogP contribution in [0.15, 0.2) is 66.7 Å². The second kappa shape index (κ2) is 10.7. The Balaban J connectivity index is 1.36. The second-order valence-corrected chi connectivity index (χ2v) is 9.41. The Morgan fingerprint density at radius 3 is 2.49 bits per heavy atom. The highest BCUT2D eigenvalue weighted by Gasteiger charge is 2.25. The number of alkyl carbamates (subject to hydrolysis) is 1. The molecule has 2 aromatic heterocycles. The van der Waals surface area contributed by atoms with E-state index in [2.05, 4.69) is 72.5 Å². The van der Waals surface area contributed by atoms with Crippen molar-refractivity contribution in [3.63, 3.8) is 0 Å². The van der Waals surface area contributed by atoms with Crippen LogP contribution in [0.1, 0.15) is 11.3 Å². The first-order valence-electron chi connectivity index (χ1n) is 11.6. The van der Waals surface area contributed by atoms with E-state index in [1.54, 1.807) is 11.3 Å². The quantitative estimate of drug-likeness (QED) is 0.402. The van der Waals surface area contributed by atoms with E-state index in [9.17, 15) is 4.79 Å². The van der Waals surface area contributed by atoms with E-state index in [-0.39, 0.29) is 0 Å². The van der Waals surface area contributed by atoms with Crippen LogP contribution < -0.4 is 10.2 Å². The number of nitrogens with zero attached hydrogens (tertiary/aromatic N) is 4. The summed E-state index contributed by atoms with van der Waals surface area (Å²) in [6.45, 7) is 5.03. The van der Waals surface area contributed by atoms with Gasteiger partial charge in [0.05, 0.1) is 24.2 Å². The fourth-order valence-electron chi connectivity index (χ4n) is 4.16. The van der Waals surface area contributed by atoms with Crippen molar-refractivity contribution in [1.29, 1.82) is 0 Å². The Morgan fingerprint density at radius 2 is 1.77 bits per heavy atom. The van der Waals surface area contributed by atoms with Crippen LogP contribution in [0.25, 0.3) is 21.1 Å². The number of amides is 1. The number of thiazole rings is 1. The molecule has 0 unspecified atom stereocenters. The molecule has 2 aromatic carbocycles. The maximum absolute atomic E-state index is 11.4. The monoisotopic (exact) mass is 488 g/mol. The standard InChI is InChI=1S/C26H28N6O2S/c1-34-26(33)27-17-21-16-22(30-29-21)23-24(28-25(35-23)20-10-6-3-7-11-20)32-14-12-31(13-15-32)18-19-8-4-2-5-9-19/h2-11,16H,12-15,17-18H2,1H3,(H,27,33)(H,29,30). The van der Waals surface area contributed by atoms with Crippen LogP contribution in [0.4, 0.5) is 10.6 Å². The van der Waals surface area contributed by atoms with Crippen LogP contribution in [0.5, 0.6) is 0 Å². The van der Waals surface area contributed by atoms with E-state index >= 15 is 0 Å². The van der Waals surface area contributed by atoms with Crippen LogP contribution in [0.2, 0.25) is 0 Å². The minimum atomic E-state index is -0.473. The van der Waals surface area contributed by atoms with Gasteiger partial charge in [0.25, 0.3) is 0 Å². The number of carbonyl (C=O) groups excluding carboxylic acids is 1. The zero-order chi connectivity index (χ0) is 24.0. The number of nitrogens with one attached hydrogen (secondary N) is 2. The van der Waals surface area contributed by atoms with Crippen molar-refractivity contribution >= 4 is 23.2 Å². The number of carbonyl (C=O) groups is 1. The fourth-order valence-corrected chi connectivity index (χ4v) is 5.22. The molecule has 4 aromatic rings. The largest absolute Gasteiger partial charge is 0.453 e. The lowest BCUT2D eigenvalue weighted by Gasteiger charge is -2.35. The molecule has 9 heteroatoms. The fraction of sp³-hybridized carbons (Fsp3) is 0.269. The van der Waals surface area contributed by atoms with Gasteiger partial charge in [-0.25, -0.2) is 9.78 Å². The van der Waals surface area contributed by atoms with Crippen LogP contribution in [-0.2, 0) is 17.8 Å². The van der Waals surface area contributed by atoms with E-state index < -0.39 is 6.09 Å². The first-order chi connectivity index (χ1) is 17.2. The lowest BCUT2D eigenvalue weighted by Crippen LogP contribution is -2.46. The molecule has 1 fully saturated rings. The highest BCUT2D eigenvalue weighted by molar-refractivity contribution is 7.19. The van der Waals surface area contributed by atoms with Crippen LogP contribution in [0.3, 0.4) is 0 Å². The summed E-state index contributed by atoms with van der Waals surface area (Å²) in [4.78, 5) is 22.4. The van der Waals surface area contributed by atoms with Crippen LogP contribution >= 0.6 is 11.3 Å². The number of ether oxygens (including phenoxy) is 1. The van der Waals surface area contributed by atoms with E-state index in [0.29, 0.717) is 6.54 Å². The zero-order valence-corrected chi connectivity index (χ0v) is 20.4. The van der Waals surface area contributed by atoms with Gasteiger partial charge in [0.15, 0.2) is 0 Å². The molecule has 2 N–H and O–H groups in total. The third-order valence-corrected chi connectivity index (χ3v) is 7.14. The molecule has 0 atom stereocenters. The number of piperazine rings is 1. The molecule has 1 saturated heterocycles. The molecule has 0 aliphatic carbocycles. The topological polar surface area (TPSA) is 86.4 Å². The van der Waals surface area contributed by atoms with E-state index in [4.69, 9.17) is 4.98 Å². The highest BCUT2D eigenvalue weighted by atomic mass is 32.1. The van der Waals surface area contributed by atoms with Gasteiger partial charge in [-0.1, -0.05) is 60.7 Å². The van der Waals surface area contributed by atoms with E-state index in [0.717, 1.165) is 65.4 Å². The van der Waals surface area contributed by atoms with Gasteiger partial charge in [0, 0.05) is 38.3 Å². The smallest absolute Gasteiger partial charge is 0.407 e. The predicted octanol–water partition coefficient (Wildman–Crippen LogP) is 4.38. The number of aromatic amines is 1. The Kier molecular flexibility index (Phi) is 7.06. The van der Waals surface area contributed by atoms with E-state index in [1.807, 2.05) is 24.3 Å². The molecule has 8 nitrogen and oxygen atoms in total. The summed E-state index contributed by atoms with van der Waals surface area (Å²) in [5, 5.41) is 11.2. The Morgan fingerprint density at radius 1 is 1.06 bits per heavy atom. The van der Waals surface area contributed by atoms with Gasteiger partial charge in [-0.05, 0) is 11.6 Å². The van der Waals surface area contributed by atoms with Crippen LogP contribution in [-0.4, -0.2) is 59.5 Å². The van der Waals surface area contributed by atoms with Gasteiger partial charge in [0.1, 0.15) is 16.5 Å². The van der Waals surface area contributed by atoms with Crippen molar-refractivity contribution in [2.75, 3.05) is 38.2 Å². The number of hydrogen-bond donors (Lipinski definition) is 2. The number of rotatable bonds is 7. The Hall–Kier alpha value is -3.69. The van der Waals surface area contributed by atoms with Crippen molar-refractivity contribution in [2.45, 2.75) is 13.1 Å². The molecule has 0 spiro atoms. The molecule has 0 bridgehead atoms. The molecular weight excluding hydrogens is 460 g/mol. The molecule has 35 heavy (non-hydrogen) atoms. The summed E-state index contributed by atoms with van der Waals surface area (Å²) in [5.74, 6) is 0.965. The predicted molar refractivity (Wildman–Crippen MR) is 138 cm³/mol. The third kappa shape index (κ3) is 5.52. The molecule has 180 valence electrons. The molecule has 1 amide bonds. The van der Waals surface area contributed by atoms with Crippen LogP contribution in [0, 0.1) is 0 Å². The summed E-state index contributed by atoms with van der Waals surface area (Å²) in [6.07, 6.45) is -0.473. The minimum Gasteiger partial charge on any atom is -0.453 e. The third-order valence-electron chi connectivity index (χ3n) is 6.02. The van der Waals surface area contributed by atoms with Crippen molar-refractivity contribution in [3.05, 3.63) is 78.0 Å². The summed E-state index contributed by atoms with van der Waals surface area (Å²) in [5.41, 5.74) is 4.06. The first-order valence-corrected chi connectivity index (χ1v) is 12.4. The molecular formula is C26H28N6O2S. The maximum Gasteiger partial charge on any atom is 0.407 e. The van der Waals surface area contributed by atoms with E-state index in [1.165, 1.54) is 12.7 Å². The number of anilines is 1. The van der Waals surface area contributed by atoms with Crippen molar-refractivity contribution in [2.24, 2.45) is 0 Å². The van der Waals surface area contributed by atoms with Gasteiger partial charge in [-0.3, -0.25) is 10.00 Å². The normalized spacial score (nSPS) is 14.1. The number of hydrogen-bond acceptors (Lipinski definition) is 7. The lowest BCUT2D eigenvalue weighted by atomic mass is 10.2. The molecule has 0 saturated carbocycles. The summed E-state index contributed by atoms with van der Waals surface area (Å²) in [7, 11) is 1.35. The lowest BCUT2D eigenvalue weighted by molar-refractivity contribution is 0.170. The highest BCUT2D eigenvalue weighted by Crippen LogP contribution is 2.40. The Bertz CT molecular complexity index is 1250. The van der Waals surface area contributed by atoms with Crippen molar-refractivity contribution < 1.29 is 9.53 Å². The van der Waals surface area contributed by atoms with Gasteiger partial charge in [-0.2, -0.15) is 5.10 Å². The summed E-state index contributed by atoms with van der Waals surface area (Å²) < 4.78 is 4.66. The number of aromatic nitrogens is 3. The molecule has 5 rings (SSSR count). The molecule has 3 heterocycles. The zero-order valence-electron chi connectivity index (χ0n) is 19.6. The molecule has 1 aliphatic rings. The first kappa shape index (κ1) is 23.1. The van der Waals surface area contributed by atoms with Gasteiger partial charge in [-0.15, -0.1) is 11.3 Å². The summed E-state index contributed by atoms with van der Waals surface area (Å²) in [6, 6.07) is 22.8. The average Bonchev–Trinajstić information content (AvgIpc) is 3.56. The number of benzene rings is 2. The molecule has 0 radical (unpaired) electrons. The van der Waals surface area contributed by atoms with Gasteiger partial charge in [0.2, 0.25) is 0 Å². The molecule has 1 aliphatic heterocycles. The second-order valence-electron chi connectivity index (χ2n) is 8.41. The maximum atomic E-state index is 11.4. The SMILES string of the molecule is COC(=O)NCc1cc(-c2sc(-c3ccccc3)nc2N2CCN(Cc3ccccc3)CC2)n[nH]1. The van der Waals surface area contributed by atoms with Gasteiger partial charge >= 0.3 is 6.09 Å². The number of methoxy groups -OCH3 is 1. The average molecular weight is 489 g/mol. The number of H-pyrrole nitrogens is 1. The van der Waals surface area contributed by atoms with Gasteiger partial charge < -0.3 is 15.0 Å². The minimum absolute atomic E-state index is 0.317.